The molecule has 1 saturated carbocycles. The fraction of sp³-hybridized carbons (Fsp3) is 0.429. The third-order valence-electron chi connectivity index (χ3n) is 3.92. The van der Waals surface area contributed by atoms with E-state index in [1.54, 1.807) is 24.5 Å². The fourth-order valence-electron chi connectivity index (χ4n) is 2.49. The van der Waals surface area contributed by atoms with E-state index in [1.807, 2.05) is 11.6 Å². The van der Waals surface area contributed by atoms with E-state index in [0.717, 1.165) is 24.8 Å². The van der Waals surface area contributed by atoms with Crippen molar-refractivity contribution in [3.63, 3.8) is 0 Å². The number of rotatable bonds is 4. The average Bonchev–Trinajstić information content (AvgIpc) is 2.75. The van der Waals surface area contributed by atoms with Gasteiger partial charge in [-0.05, 0) is 37.0 Å². The van der Waals surface area contributed by atoms with Crippen LogP contribution in [0.15, 0.2) is 24.5 Å². The second kappa shape index (κ2) is 5.14. The van der Waals surface area contributed by atoms with Crippen LogP contribution in [0.1, 0.15) is 29.6 Å². The molecule has 1 N–H and O–H groups in total. The summed E-state index contributed by atoms with van der Waals surface area (Å²) in [5.41, 5.74) is 1.86. The largest absolute Gasteiger partial charge is 0.334 e. The first-order valence-electron chi connectivity index (χ1n) is 6.90. The van der Waals surface area contributed by atoms with Crippen LogP contribution in [0.2, 0.25) is 0 Å². The smallest absolute Gasteiger partial charge is 0.264 e. The lowest BCUT2D eigenvalue weighted by Crippen LogP contribution is -2.36. The van der Waals surface area contributed by atoms with Gasteiger partial charge < -0.3 is 4.57 Å². The van der Waals surface area contributed by atoms with Gasteiger partial charge in [-0.2, -0.15) is 0 Å². The molecule has 0 saturated heterocycles. The molecule has 1 aliphatic carbocycles. The lowest BCUT2D eigenvalue weighted by Gasteiger charge is -2.24. The topological polar surface area (TPSA) is 81.1 Å². The summed E-state index contributed by atoms with van der Waals surface area (Å²) < 4.78 is 27.8. The maximum Gasteiger partial charge on any atom is 0.264 e. The third kappa shape index (κ3) is 2.92. The minimum absolute atomic E-state index is 0.0323. The molecule has 112 valence electrons. The van der Waals surface area contributed by atoms with Gasteiger partial charge in [0.1, 0.15) is 0 Å². The molecule has 1 fully saturated rings. The molecule has 0 atom stereocenters. The van der Waals surface area contributed by atoms with Gasteiger partial charge in [0.15, 0.2) is 0 Å². The first-order valence-corrected chi connectivity index (χ1v) is 8.56. The molecule has 1 aromatic heterocycles. The van der Waals surface area contributed by atoms with Crippen LogP contribution in [0.5, 0.6) is 0 Å². The molecular weight excluding hydrogens is 290 g/mol. The summed E-state index contributed by atoms with van der Waals surface area (Å²) in [6.07, 6.45) is 4.58. The van der Waals surface area contributed by atoms with Gasteiger partial charge in [-0.1, -0.05) is 6.42 Å². The molecule has 0 radical (unpaired) electrons. The van der Waals surface area contributed by atoms with Crippen LogP contribution in [0.3, 0.4) is 0 Å². The Labute approximate surface area is 123 Å². The minimum atomic E-state index is -3.56. The van der Waals surface area contributed by atoms with E-state index in [0.29, 0.717) is 11.1 Å². The quantitative estimate of drug-likeness (QED) is 0.926. The van der Waals surface area contributed by atoms with Crippen LogP contribution >= 0.6 is 0 Å². The zero-order valence-corrected chi connectivity index (χ0v) is 12.6. The monoisotopic (exact) mass is 307 g/mol. The van der Waals surface area contributed by atoms with Gasteiger partial charge in [-0.15, -0.1) is 0 Å². The van der Waals surface area contributed by atoms with Gasteiger partial charge in [0.25, 0.3) is 5.91 Å². The SMILES string of the molecule is Cn1cnc2cc(C(=O)NS(=O)(=O)CC3CCC3)ccc21. The van der Waals surface area contributed by atoms with Crippen molar-refractivity contribution in [2.24, 2.45) is 13.0 Å². The van der Waals surface area contributed by atoms with Crippen molar-refractivity contribution in [2.75, 3.05) is 5.75 Å². The second-order valence-electron chi connectivity index (χ2n) is 5.57. The first-order chi connectivity index (χ1) is 9.94. The van der Waals surface area contributed by atoms with E-state index in [-0.39, 0.29) is 11.7 Å². The number of hydrogen-bond acceptors (Lipinski definition) is 4. The van der Waals surface area contributed by atoms with Gasteiger partial charge in [0.2, 0.25) is 10.0 Å². The lowest BCUT2D eigenvalue weighted by molar-refractivity contribution is 0.0981. The molecule has 1 heterocycles. The average molecular weight is 307 g/mol. The Balaban J connectivity index is 1.76. The molecule has 0 spiro atoms. The Morgan fingerprint density at radius 3 is 2.86 bits per heavy atom. The summed E-state index contributed by atoms with van der Waals surface area (Å²) in [6, 6.07) is 4.97. The summed E-state index contributed by atoms with van der Waals surface area (Å²) in [5, 5.41) is 0. The number of sulfonamides is 1. The van der Waals surface area contributed by atoms with E-state index < -0.39 is 15.9 Å². The van der Waals surface area contributed by atoms with Crippen molar-refractivity contribution in [3.05, 3.63) is 30.1 Å². The predicted octanol–water partition coefficient (Wildman–Crippen LogP) is 1.43. The van der Waals surface area contributed by atoms with E-state index in [4.69, 9.17) is 0 Å². The highest BCUT2D eigenvalue weighted by atomic mass is 32.2. The Hall–Kier alpha value is -1.89. The highest BCUT2D eigenvalue weighted by molar-refractivity contribution is 7.90. The molecule has 0 unspecified atom stereocenters. The number of carbonyl (C=O) groups is 1. The summed E-state index contributed by atoms with van der Waals surface area (Å²) in [5.74, 6) is -0.375. The summed E-state index contributed by atoms with van der Waals surface area (Å²) in [4.78, 5) is 16.2. The van der Waals surface area contributed by atoms with Gasteiger partial charge in [-0.25, -0.2) is 18.1 Å². The molecule has 21 heavy (non-hydrogen) atoms. The molecule has 1 amide bonds. The number of benzene rings is 1. The Kier molecular flexibility index (Phi) is 3.44. The van der Waals surface area contributed by atoms with Crippen molar-refractivity contribution in [2.45, 2.75) is 19.3 Å². The van der Waals surface area contributed by atoms with Crippen LogP contribution in [-0.4, -0.2) is 29.6 Å². The maximum atomic E-state index is 12.1. The van der Waals surface area contributed by atoms with E-state index in [2.05, 4.69) is 9.71 Å². The zero-order valence-electron chi connectivity index (χ0n) is 11.7. The van der Waals surface area contributed by atoms with Gasteiger partial charge in [0, 0.05) is 12.6 Å². The number of aryl methyl sites for hydroxylation is 1. The first kappa shape index (κ1) is 14.1. The maximum absolute atomic E-state index is 12.1. The van der Waals surface area contributed by atoms with Crippen LogP contribution in [-0.2, 0) is 17.1 Å². The van der Waals surface area contributed by atoms with E-state index in [9.17, 15) is 13.2 Å². The lowest BCUT2D eigenvalue weighted by atomic mass is 9.87. The fourth-order valence-corrected chi connectivity index (χ4v) is 3.93. The normalized spacial score (nSPS) is 15.9. The Morgan fingerprint density at radius 1 is 1.43 bits per heavy atom. The van der Waals surface area contributed by atoms with Crippen LogP contribution < -0.4 is 4.72 Å². The second-order valence-corrected chi connectivity index (χ2v) is 7.34. The molecule has 2 aromatic rings. The van der Waals surface area contributed by atoms with Gasteiger partial charge in [-0.3, -0.25) is 4.79 Å². The zero-order chi connectivity index (χ0) is 15.0. The predicted molar refractivity (Wildman–Crippen MR) is 79.3 cm³/mol. The summed E-state index contributed by atoms with van der Waals surface area (Å²) in [7, 11) is -1.70. The molecule has 3 rings (SSSR count). The van der Waals surface area contributed by atoms with Crippen molar-refractivity contribution in [1.29, 1.82) is 0 Å². The molecule has 1 aromatic carbocycles. The van der Waals surface area contributed by atoms with E-state index >= 15 is 0 Å². The summed E-state index contributed by atoms with van der Waals surface area (Å²) >= 11 is 0. The molecule has 6 nitrogen and oxygen atoms in total. The van der Waals surface area contributed by atoms with Crippen molar-refractivity contribution in [1.82, 2.24) is 14.3 Å². The third-order valence-corrected chi connectivity index (χ3v) is 5.32. The number of amides is 1. The van der Waals surface area contributed by atoms with Crippen LogP contribution in [0.25, 0.3) is 11.0 Å². The number of carbonyl (C=O) groups excluding carboxylic acids is 1. The van der Waals surface area contributed by atoms with Gasteiger partial charge >= 0.3 is 0 Å². The minimum Gasteiger partial charge on any atom is -0.334 e. The van der Waals surface area contributed by atoms with Gasteiger partial charge in [0.05, 0.1) is 23.1 Å². The number of nitrogens with one attached hydrogen (secondary N) is 1. The number of imidazole rings is 1. The molecular formula is C14H17N3O3S. The Morgan fingerprint density at radius 2 is 2.19 bits per heavy atom. The number of aromatic nitrogens is 2. The van der Waals surface area contributed by atoms with Crippen molar-refractivity contribution < 1.29 is 13.2 Å². The molecule has 0 bridgehead atoms. The number of nitrogens with zero attached hydrogens (tertiary/aromatic N) is 2. The Bertz CT molecular complexity index is 791. The summed E-state index contributed by atoms with van der Waals surface area (Å²) in [6.45, 7) is 0. The number of fused-ring (bicyclic) bond motifs is 1. The van der Waals surface area contributed by atoms with Crippen LogP contribution in [0, 0.1) is 5.92 Å². The molecule has 0 aliphatic heterocycles. The van der Waals surface area contributed by atoms with Crippen LogP contribution in [0.4, 0.5) is 0 Å². The highest BCUT2D eigenvalue weighted by Gasteiger charge is 2.26. The number of hydrogen-bond donors (Lipinski definition) is 1. The molecule has 1 aliphatic rings. The molecule has 7 heteroatoms. The highest BCUT2D eigenvalue weighted by Crippen LogP contribution is 2.27. The standard InChI is InChI=1S/C14H17N3O3S/c1-17-9-15-12-7-11(5-6-13(12)17)14(18)16-21(19,20)8-10-3-2-4-10/h5-7,9-10H,2-4,8H2,1H3,(H,16,18). The van der Waals surface area contributed by atoms with E-state index in [1.165, 1.54) is 0 Å². The van der Waals surface area contributed by atoms with Crippen molar-refractivity contribution >= 4 is 27.0 Å². The van der Waals surface area contributed by atoms with Crippen molar-refractivity contribution in [3.8, 4) is 0 Å².